The zero-order valence-electron chi connectivity index (χ0n) is 9.47. The van der Waals surface area contributed by atoms with Gasteiger partial charge in [0.2, 0.25) is 0 Å². The molecule has 0 radical (unpaired) electrons. The van der Waals surface area contributed by atoms with E-state index in [2.05, 4.69) is 0 Å². The van der Waals surface area contributed by atoms with Crippen LogP contribution >= 0.6 is 0 Å². The summed E-state index contributed by atoms with van der Waals surface area (Å²) in [6, 6.07) is 1.26. The molecule has 2 atom stereocenters. The van der Waals surface area contributed by atoms with Crippen molar-refractivity contribution in [1.82, 2.24) is 0 Å². The molecule has 17 heavy (non-hydrogen) atoms. The van der Waals surface area contributed by atoms with Crippen molar-refractivity contribution in [3.8, 4) is 0 Å². The van der Waals surface area contributed by atoms with Gasteiger partial charge in [-0.1, -0.05) is 6.92 Å². The van der Waals surface area contributed by atoms with Crippen molar-refractivity contribution in [2.45, 2.75) is 32.1 Å². The van der Waals surface area contributed by atoms with Crippen LogP contribution in [0.15, 0.2) is 12.1 Å². The third-order valence-corrected chi connectivity index (χ3v) is 3.30. The average molecular weight is 242 g/mol. The number of carbonyl (C=O) groups excluding carboxylic acids is 1. The first-order valence-corrected chi connectivity index (χ1v) is 5.66. The van der Waals surface area contributed by atoms with Crippen molar-refractivity contribution in [1.29, 1.82) is 0 Å². The fraction of sp³-hybridized carbons (Fsp3) is 0.462. The maximum Gasteiger partial charge on any atom is 0.140 e. The van der Waals surface area contributed by atoms with Gasteiger partial charge in [0.1, 0.15) is 23.2 Å². The maximum atomic E-state index is 13.6. The van der Waals surface area contributed by atoms with Gasteiger partial charge >= 0.3 is 0 Å². The number of benzene rings is 1. The van der Waals surface area contributed by atoms with Crippen LogP contribution in [0, 0.1) is 23.4 Å². The predicted octanol–water partition coefficient (Wildman–Crippen LogP) is 3.58. The highest BCUT2D eigenvalue weighted by Crippen LogP contribution is 2.36. The van der Waals surface area contributed by atoms with Crippen LogP contribution in [0.3, 0.4) is 0 Å². The molecule has 1 aliphatic rings. The van der Waals surface area contributed by atoms with Crippen LogP contribution in [0.5, 0.6) is 0 Å². The topological polar surface area (TPSA) is 17.1 Å². The molecule has 0 aliphatic heterocycles. The van der Waals surface area contributed by atoms with Crippen LogP contribution in [0.2, 0.25) is 0 Å². The summed E-state index contributed by atoms with van der Waals surface area (Å²) in [6.07, 6.45) is 1.51. The van der Waals surface area contributed by atoms with E-state index in [-0.39, 0.29) is 17.3 Å². The highest BCUT2D eigenvalue weighted by molar-refractivity contribution is 5.86. The maximum absolute atomic E-state index is 13.6. The van der Waals surface area contributed by atoms with E-state index in [1.54, 1.807) is 0 Å². The van der Waals surface area contributed by atoms with Crippen molar-refractivity contribution >= 4 is 5.78 Å². The fourth-order valence-corrected chi connectivity index (χ4v) is 2.38. The van der Waals surface area contributed by atoms with Gasteiger partial charge in [-0.25, -0.2) is 13.2 Å². The number of rotatable bonds is 1. The minimum atomic E-state index is -0.963. The summed E-state index contributed by atoms with van der Waals surface area (Å²) in [4.78, 5) is 11.7. The molecular formula is C13H13F3O. The van der Waals surface area contributed by atoms with Gasteiger partial charge in [0.05, 0.1) is 0 Å². The van der Waals surface area contributed by atoms with Crippen LogP contribution < -0.4 is 0 Å². The van der Waals surface area contributed by atoms with Gasteiger partial charge in [0.15, 0.2) is 0 Å². The molecule has 0 spiro atoms. The van der Waals surface area contributed by atoms with E-state index in [4.69, 9.17) is 0 Å². The lowest BCUT2D eigenvalue weighted by atomic mass is 9.77. The Morgan fingerprint density at radius 2 is 1.76 bits per heavy atom. The Balaban J connectivity index is 2.42. The summed E-state index contributed by atoms with van der Waals surface area (Å²) in [7, 11) is 0. The summed E-state index contributed by atoms with van der Waals surface area (Å²) in [5.74, 6) is -3.56. The molecule has 0 saturated heterocycles. The van der Waals surface area contributed by atoms with E-state index in [1.165, 1.54) is 0 Å². The molecule has 1 aromatic carbocycles. The molecule has 2 rings (SSSR count). The van der Waals surface area contributed by atoms with E-state index in [9.17, 15) is 18.0 Å². The first-order chi connectivity index (χ1) is 7.99. The summed E-state index contributed by atoms with van der Waals surface area (Å²) >= 11 is 0. The van der Waals surface area contributed by atoms with Gasteiger partial charge in [-0.3, -0.25) is 4.79 Å². The second-order valence-corrected chi connectivity index (χ2v) is 4.68. The summed E-state index contributed by atoms with van der Waals surface area (Å²) in [5, 5.41) is 0. The number of hydrogen-bond acceptors (Lipinski definition) is 1. The minimum absolute atomic E-state index is 0.160. The Kier molecular flexibility index (Phi) is 3.22. The molecule has 1 fully saturated rings. The Labute approximate surface area is 97.6 Å². The largest absolute Gasteiger partial charge is 0.299 e. The molecule has 2 unspecified atom stereocenters. The first-order valence-electron chi connectivity index (χ1n) is 5.66. The predicted molar refractivity (Wildman–Crippen MR) is 57.1 cm³/mol. The lowest BCUT2D eigenvalue weighted by Crippen LogP contribution is -2.23. The average Bonchev–Trinajstić information content (AvgIpc) is 2.21. The monoisotopic (exact) mass is 242 g/mol. The standard InChI is InChI=1S/C13H13F3O/c1-7-2-3-12(17)9(4-7)13-10(15)5-8(14)6-11(13)16/h5-7,9H,2-4H2,1H3. The van der Waals surface area contributed by atoms with Crippen LogP contribution in [-0.2, 0) is 4.79 Å². The molecule has 0 bridgehead atoms. The SMILES string of the molecule is CC1CCC(=O)C(c2c(F)cc(F)cc2F)C1. The van der Waals surface area contributed by atoms with Crippen molar-refractivity contribution in [2.75, 3.05) is 0 Å². The molecule has 1 nitrogen and oxygen atoms in total. The van der Waals surface area contributed by atoms with Gasteiger partial charge < -0.3 is 0 Å². The van der Waals surface area contributed by atoms with Gasteiger partial charge in [0, 0.05) is 30.0 Å². The summed E-state index contributed by atoms with van der Waals surface area (Å²) < 4.78 is 39.9. The first kappa shape index (κ1) is 12.1. The molecule has 0 aromatic heterocycles. The molecule has 1 saturated carbocycles. The van der Waals surface area contributed by atoms with Gasteiger partial charge in [-0.05, 0) is 18.8 Å². The number of Topliss-reactive ketones (excluding diaryl/α,β-unsaturated/α-hetero) is 1. The van der Waals surface area contributed by atoms with E-state index in [0.29, 0.717) is 25.0 Å². The Bertz CT molecular complexity index is 433. The highest BCUT2D eigenvalue weighted by Gasteiger charge is 2.32. The molecule has 0 heterocycles. The van der Waals surface area contributed by atoms with Gasteiger partial charge in [-0.15, -0.1) is 0 Å². The molecule has 0 amide bonds. The molecule has 1 aliphatic carbocycles. The fourth-order valence-electron chi connectivity index (χ4n) is 2.38. The highest BCUT2D eigenvalue weighted by atomic mass is 19.1. The van der Waals surface area contributed by atoms with Crippen molar-refractivity contribution < 1.29 is 18.0 Å². The number of carbonyl (C=O) groups is 1. The number of ketones is 1. The summed E-state index contributed by atoms with van der Waals surface area (Å²) in [6.45, 7) is 1.94. The Morgan fingerprint density at radius 3 is 2.35 bits per heavy atom. The minimum Gasteiger partial charge on any atom is -0.299 e. The van der Waals surface area contributed by atoms with E-state index in [1.807, 2.05) is 6.92 Å². The van der Waals surface area contributed by atoms with Crippen LogP contribution in [0.4, 0.5) is 13.2 Å². The normalized spacial score (nSPS) is 25.1. The lowest BCUT2D eigenvalue weighted by molar-refractivity contribution is -0.122. The molecule has 4 heteroatoms. The third-order valence-electron chi connectivity index (χ3n) is 3.30. The molecule has 0 N–H and O–H groups in total. The lowest BCUT2D eigenvalue weighted by Gasteiger charge is -2.26. The Morgan fingerprint density at radius 1 is 1.18 bits per heavy atom. The van der Waals surface area contributed by atoms with Gasteiger partial charge in [-0.2, -0.15) is 0 Å². The van der Waals surface area contributed by atoms with Crippen molar-refractivity contribution in [3.05, 3.63) is 35.1 Å². The van der Waals surface area contributed by atoms with Crippen molar-refractivity contribution in [3.63, 3.8) is 0 Å². The van der Waals surface area contributed by atoms with Gasteiger partial charge in [0.25, 0.3) is 0 Å². The van der Waals surface area contributed by atoms with E-state index >= 15 is 0 Å². The molecule has 92 valence electrons. The number of halogens is 3. The Hall–Kier alpha value is -1.32. The third kappa shape index (κ3) is 2.35. The number of hydrogen-bond donors (Lipinski definition) is 0. The van der Waals surface area contributed by atoms with Crippen LogP contribution in [0.25, 0.3) is 0 Å². The van der Waals surface area contributed by atoms with Crippen molar-refractivity contribution in [2.24, 2.45) is 5.92 Å². The zero-order valence-corrected chi connectivity index (χ0v) is 9.47. The second kappa shape index (κ2) is 4.51. The smallest absolute Gasteiger partial charge is 0.140 e. The second-order valence-electron chi connectivity index (χ2n) is 4.68. The molecular weight excluding hydrogens is 229 g/mol. The zero-order chi connectivity index (χ0) is 12.6. The van der Waals surface area contributed by atoms with E-state index < -0.39 is 23.4 Å². The van der Waals surface area contributed by atoms with E-state index in [0.717, 1.165) is 6.42 Å². The molecule has 1 aromatic rings. The van der Waals surface area contributed by atoms with Crippen LogP contribution in [0.1, 0.15) is 37.7 Å². The summed E-state index contributed by atoms with van der Waals surface area (Å²) in [5.41, 5.74) is -0.275. The quantitative estimate of drug-likeness (QED) is 0.735. The van der Waals surface area contributed by atoms with Crippen LogP contribution in [-0.4, -0.2) is 5.78 Å².